The molecule has 0 aliphatic carbocycles. The van der Waals surface area contributed by atoms with Gasteiger partial charge in [-0.25, -0.2) is 0 Å². The highest BCUT2D eigenvalue weighted by molar-refractivity contribution is 7.99. The molecule has 0 atom stereocenters. The van der Waals surface area contributed by atoms with Gasteiger partial charge in [0, 0.05) is 11.4 Å². The van der Waals surface area contributed by atoms with Crippen LogP contribution in [0.3, 0.4) is 0 Å². The number of hydrogen-bond acceptors (Lipinski definition) is 3. The van der Waals surface area contributed by atoms with Crippen LogP contribution in [-0.4, -0.2) is 12.3 Å². The summed E-state index contributed by atoms with van der Waals surface area (Å²) in [6.45, 7) is 3.32. The van der Waals surface area contributed by atoms with Crippen molar-refractivity contribution in [3.63, 3.8) is 0 Å². The summed E-state index contributed by atoms with van der Waals surface area (Å²) in [5.74, 6) is 1.10. The number of hydrogen-bond donors (Lipinski definition) is 1. The molecule has 0 aliphatic rings. The summed E-state index contributed by atoms with van der Waals surface area (Å²) in [6, 6.07) is 10.5. The normalized spacial score (nSPS) is 9.71. The van der Waals surface area contributed by atoms with E-state index in [-0.39, 0.29) is 0 Å². The third-order valence-electron chi connectivity index (χ3n) is 1.77. The van der Waals surface area contributed by atoms with Gasteiger partial charge in [0.1, 0.15) is 0 Å². The van der Waals surface area contributed by atoms with Gasteiger partial charge < -0.3 is 5.32 Å². The summed E-state index contributed by atoms with van der Waals surface area (Å²) in [5, 5.41) is 11.4. The summed E-state index contributed by atoms with van der Waals surface area (Å²) in [6.07, 6.45) is 0. The van der Waals surface area contributed by atoms with Crippen molar-refractivity contribution in [1.29, 1.82) is 5.26 Å². The van der Waals surface area contributed by atoms with Crippen LogP contribution in [0.4, 0.5) is 0 Å². The molecule has 1 N–H and O–H groups in total. The number of benzene rings is 1. The molecule has 1 rings (SSSR count). The molecule has 0 fully saturated rings. The van der Waals surface area contributed by atoms with Crippen LogP contribution >= 0.6 is 11.8 Å². The van der Waals surface area contributed by atoms with E-state index in [0.717, 1.165) is 12.3 Å². The second kappa shape index (κ2) is 6.47. The van der Waals surface area contributed by atoms with Crippen molar-refractivity contribution in [2.45, 2.75) is 18.4 Å². The van der Waals surface area contributed by atoms with E-state index in [1.165, 1.54) is 10.5 Å². The maximum atomic E-state index is 8.34. The summed E-state index contributed by atoms with van der Waals surface area (Å²) in [7, 11) is 0. The van der Waals surface area contributed by atoms with E-state index in [1.54, 1.807) is 0 Å². The van der Waals surface area contributed by atoms with E-state index in [9.17, 15) is 0 Å². The van der Waals surface area contributed by atoms with E-state index in [2.05, 4.69) is 42.6 Å². The maximum Gasteiger partial charge on any atom is 0.0843 e. The van der Waals surface area contributed by atoms with E-state index in [0.29, 0.717) is 6.54 Å². The number of thioether (sulfide) groups is 1. The Hall–Kier alpha value is -0.980. The van der Waals surface area contributed by atoms with E-state index < -0.39 is 0 Å². The first-order valence-corrected chi connectivity index (χ1v) is 5.64. The van der Waals surface area contributed by atoms with Gasteiger partial charge in [-0.2, -0.15) is 5.26 Å². The van der Waals surface area contributed by atoms with Gasteiger partial charge >= 0.3 is 0 Å². The molecule has 3 heteroatoms. The molecule has 0 aromatic heterocycles. The first-order valence-electron chi connectivity index (χ1n) is 4.66. The van der Waals surface area contributed by atoms with Crippen LogP contribution in [0.25, 0.3) is 0 Å². The molecule has 2 nitrogen and oxygen atoms in total. The molecule has 74 valence electrons. The first-order chi connectivity index (χ1) is 6.86. The molecule has 1 aromatic carbocycles. The van der Waals surface area contributed by atoms with E-state index >= 15 is 0 Å². The van der Waals surface area contributed by atoms with Crippen molar-refractivity contribution in [2.24, 2.45) is 0 Å². The molecule has 0 bridgehead atoms. The molecular formula is C11H14N2S. The standard InChI is InChI=1S/C11H14N2S/c1-2-14-11-5-3-10(4-6-11)9-13-8-7-12/h3-6,13H,2,8-9H2,1H3. The fourth-order valence-corrected chi connectivity index (χ4v) is 1.79. The van der Waals surface area contributed by atoms with Crippen molar-refractivity contribution in [2.75, 3.05) is 12.3 Å². The summed E-state index contributed by atoms with van der Waals surface area (Å²) < 4.78 is 0. The minimum atomic E-state index is 0.408. The van der Waals surface area contributed by atoms with Gasteiger partial charge in [0.05, 0.1) is 12.6 Å². The highest BCUT2D eigenvalue weighted by Gasteiger charge is 1.93. The SMILES string of the molecule is CCSc1ccc(CNCC#N)cc1. The zero-order chi connectivity index (χ0) is 10.2. The van der Waals surface area contributed by atoms with E-state index in [1.807, 2.05) is 11.8 Å². The smallest absolute Gasteiger partial charge is 0.0843 e. The Balaban J connectivity index is 2.43. The fourth-order valence-electron chi connectivity index (χ4n) is 1.13. The van der Waals surface area contributed by atoms with Crippen LogP contribution in [0.5, 0.6) is 0 Å². The third-order valence-corrected chi connectivity index (χ3v) is 2.66. The van der Waals surface area contributed by atoms with Crippen LogP contribution in [0, 0.1) is 11.3 Å². The average molecular weight is 206 g/mol. The largest absolute Gasteiger partial charge is 0.300 e. The van der Waals surface area contributed by atoms with Crippen LogP contribution in [0.2, 0.25) is 0 Å². The molecule has 0 unspecified atom stereocenters. The molecule has 0 aliphatic heterocycles. The second-order valence-electron chi connectivity index (χ2n) is 2.84. The Labute approximate surface area is 89.3 Å². The van der Waals surface area contributed by atoms with Crippen molar-refractivity contribution in [3.8, 4) is 6.07 Å². The average Bonchev–Trinajstić information content (AvgIpc) is 2.21. The molecular weight excluding hydrogens is 192 g/mol. The summed E-state index contributed by atoms with van der Waals surface area (Å²) in [4.78, 5) is 1.30. The Kier molecular flexibility index (Phi) is 5.13. The van der Waals surface area contributed by atoms with Gasteiger partial charge in [0.15, 0.2) is 0 Å². The lowest BCUT2D eigenvalue weighted by Crippen LogP contribution is -2.12. The molecule has 0 saturated carbocycles. The monoisotopic (exact) mass is 206 g/mol. The Morgan fingerprint density at radius 2 is 2.07 bits per heavy atom. The Morgan fingerprint density at radius 1 is 1.36 bits per heavy atom. The number of rotatable bonds is 5. The molecule has 0 spiro atoms. The lowest BCUT2D eigenvalue weighted by molar-refractivity contribution is 0.765. The molecule has 0 heterocycles. The van der Waals surface area contributed by atoms with Crippen LogP contribution < -0.4 is 5.32 Å². The van der Waals surface area contributed by atoms with Crippen molar-refractivity contribution in [1.82, 2.24) is 5.32 Å². The Bertz CT molecular complexity index is 300. The summed E-state index contributed by atoms with van der Waals surface area (Å²) >= 11 is 1.84. The van der Waals surface area contributed by atoms with Crippen molar-refractivity contribution in [3.05, 3.63) is 29.8 Å². The second-order valence-corrected chi connectivity index (χ2v) is 4.18. The number of nitriles is 1. The zero-order valence-corrected chi connectivity index (χ0v) is 9.10. The van der Waals surface area contributed by atoms with Crippen LogP contribution in [0.1, 0.15) is 12.5 Å². The minimum absolute atomic E-state index is 0.408. The maximum absolute atomic E-state index is 8.34. The molecule has 0 amide bonds. The van der Waals surface area contributed by atoms with Crippen molar-refractivity contribution >= 4 is 11.8 Å². The summed E-state index contributed by atoms with van der Waals surface area (Å²) in [5.41, 5.74) is 1.22. The fraction of sp³-hybridized carbons (Fsp3) is 0.364. The van der Waals surface area contributed by atoms with Gasteiger partial charge in [0.2, 0.25) is 0 Å². The van der Waals surface area contributed by atoms with E-state index in [4.69, 9.17) is 5.26 Å². The molecule has 1 aromatic rings. The highest BCUT2D eigenvalue weighted by atomic mass is 32.2. The lowest BCUT2D eigenvalue weighted by atomic mass is 10.2. The van der Waals surface area contributed by atoms with Crippen LogP contribution in [0.15, 0.2) is 29.2 Å². The topological polar surface area (TPSA) is 35.8 Å². The van der Waals surface area contributed by atoms with Gasteiger partial charge in [-0.15, -0.1) is 11.8 Å². The lowest BCUT2D eigenvalue weighted by Gasteiger charge is -2.02. The predicted molar refractivity (Wildman–Crippen MR) is 60.2 cm³/mol. The number of nitrogens with one attached hydrogen (secondary N) is 1. The first kappa shape index (κ1) is 11.1. The molecule has 0 radical (unpaired) electrons. The van der Waals surface area contributed by atoms with Crippen molar-refractivity contribution < 1.29 is 0 Å². The minimum Gasteiger partial charge on any atom is -0.300 e. The van der Waals surface area contributed by atoms with Crippen LogP contribution in [-0.2, 0) is 6.54 Å². The predicted octanol–water partition coefficient (Wildman–Crippen LogP) is 2.41. The number of nitrogens with zero attached hydrogens (tertiary/aromatic N) is 1. The Morgan fingerprint density at radius 3 is 2.64 bits per heavy atom. The van der Waals surface area contributed by atoms with Gasteiger partial charge in [-0.3, -0.25) is 0 Å². The van der Waals surface area contributed by atoms with Gasteiger partial charge in [-0.05, 0) is 23.4 Å². The molecule has 0 saturated heterocycles. The quantitative estimate of drug-likeness (QED) is 0.456. The molecule has 14 heavy (non-hydrogen) atoms. The van der Waals surface area contributed by atoms with Gasteiger partial charge in [-0.1, -0.05) is 19.1 Å². The van der Waals surface area contributed by atoms with Gasteiger partial charge in [0.25, 0.3) is 0 Å². The third kappa shape index (κ3) is 3.82. The zero-order valence-electron chi connectivity index (χ0n) is 8.29. The highest BCUT2D eigenvalue weighted by Crippen LogP contribution is 2.17.